The Hall–Kier alpha value is -1.45. The van der Waals surface area contributed by atoms with E-state index in [4.69, 9.17) is 5.73 Å². The summed E-state index contributed by atoms with van der Waals surface area (Å²) in [6, 6.07) is 2.30. The molecule has 1 heterocycles. The molecule has 1 aliphatic rings. The van der Waals surface area contributed by atoms with E-state index in [-0.39, 0.29) is 5.91 Å². The molecule has 2 rings (SSSR count). The summed E-state index contributed by atoms with van der Waals surface area (Å²) in [7, 11) is 0. The fourth-order valence-electron chi connectivity index (χ4n) is 2.35. The third kappa shape index (κ3) is 3.11. The van der Waals surface area contributed by atoms with Crippen molar-refractivity contribution in [3.63, 3.8) is 0 Å². The molecule has 1 aliphatic carbocycles. The van der Waals surface area contributed by atoms with E-state index in [9.17, 15) is 4.79 Å². The maximum Gasteiger partial charge on any atom is 0.270 e. The Balaban J connectivity index is 2.17. The summed E-state index contributed by atoms with van der Waals surface area (Å²) < 4.78 is 2.07. The average Bonchev–Trinajstić information content (AvgIpc) is 3.17. The summed E-state index contributed by atoms with van der Waals surface area (Å²) in [6.07, 6.45) is 5.31. The lowest BCUT2D eigenvalue weighted by Crippen LogP contribution is -2.35. The van der Waals surface area contributed by atoms with Gasteiger partial charge >= 0.3 is 0 Å². The molecule has 4 nitrogen and oxygen atoms in total. The van der Waals surface area contributed by atoms with E-state index in [0.29, 0.717) is 17.6 Å². The third-order valence-corrected chi connectivity index (χ3v) is 3.93. The molecule has 0 saturated heterocycles. The molecule has 0 bridgehead atoms. The molecule has 1 aromatic heterocycles. The van der Waals surface area contributed by atoms with Crippen molar-refractivity contribution in [2.75, 3.05) is 18.8 Å². The Kier molecular flexibility index (Phi) is 4.17. The van der Waals surface area contributed by atoms with Crippen molar-refractivity contribution in [1.29, 1.82) is 0 Å². The topological polar surface area (TPSA) is 51.3 Å². The zero-order valence-electron chi connectivity index (χ0n) is 12.2. The summed E-state index contributed by atoms with van der Waals surface area (Å²) in [6.45, 7) is 7.95. The third-order valence-electron chi connectivity index (χ3n) is 3.93. The van der Waals surface area contributed by atoms with Crippen LogP contribution in [0.4, 0.5) is 5.69 Å². The number of rotatable bonds is 6. The lowest BCUT2D eigenvalue weighted by atomic mass is 10.1. The van der Waals surface area contributed by atoms with Crippen LogP contribution in [0.1, 0.15) is 56.6 Å². The highest BCUT2D eigenvalue weighted by Gasteiger charge is 2.29. The molecule has 0 aliphatic heterocycles. The van der Waals surface area contributed by atoms with Gasteiger partial charge < -0.3 is 15.2 Å². The Morgan fingerprint density at radius 1 is 1.53 bits per heavy atom. The summed E-state index contributed by atoms with van der Waals surface area (Å²) >= 11 is 0. The molecule has 0 aromatic carbocycles. The Morgan fingerprint density at radius 2 is 2.21 bits per heavy atom. The van der Waals surface area contributed by atoms with Crippen LogP contribution in [0.2, 0.25) is 0 Å². The highest BCUT2D eigenvalue weighted by molar-refractivity contribution is 5.94. The van der Waals surface area contributed by atoms with Gasteiger partial charge in [0.15, 0.2) is 0 Å². The predicted octanol–water partition coefficient (Wildman–Crippen LogP) is 2.91. The molecular formula is C15H25N3O. The lowest BCUT2D eigenvalue weighted by Gasteiger charge is -2.24. The van der Waals surface area contributed by atoms with Gasteiger partial charge in [0, 0.05) is 25.3 Å². The number of amides is 1. The number of aromatic nitrogens is 1. The quantitative estimate of drug-likeness (QED) is 0.858. The largest absolute Gasteiger partial charge is 0.397 e. The van der Waals surface area contributed by atoms with Gasteiger partial charge in [-0.25, -0.2) is 0 Å². The van der Waals surface area contributed by atoms with Gasteiger partial charge in [-0.2, -0.15) is 0 Å². The van der Waals surface area contributed by atoms with E-state index in [0.717, 1.165) is 38.0 Å². The summed E-state index contributed by atoms with van der Waals surface area (Å²) in [5.41, 5.74) is 7.30. The van der Waals surface area contributed by atoms with Crippen LogP contribution in [0, 0.1) is 5.92 Å². The second-order valence-electron chi connectivity index (χ2n) is 5.65. The van der Waals surface area contributed by atoms with Gasteiger partial charge in [0.2, 0.25) is 0 Å². The molecule has 1 atom stereocenters. The standard InChI is InChI=1S/C15H25N3O/c1-4-11(3)9-17(5-2)15(19)14-8-12(16)10-18(14)13-6-7-13/h8,10-11,13H,4-7,9,16H2,1-3H3. The molecule has 0 spiro atoms. The molecular weight excluding hydrogens is 238 g/mol. The van der Waals surface area contributed by atoms with Crippen molar-refractivity contribution in [3.8, 4) is 0 Å². The number of nitrogens with zero attached hydrogens (tertiary/aromatic N) is 2. The van der Waals surface area contributed by atoms with Crippen LogP contribution >= 0.6 is 0 Å². The zero-order chi connectivity index (χ0) is 14.0. The normalized spacial score (nSPS) is 16.4. The molecule has 2 N–H and O–H groups in total. The smallest absolute Gasteiger partial charge is 0.270 e. The number of anilines is 1. The first-order valence-corrected chi connectivity index (χ1v) is 7.33. The van der Waals surface area contributed by atoms with E-state index in [1.165, 1.54) is 0 Å². The number of hydrogen-bond donors (Lipinski definition) is 1. The number of hydrogen-bond acceptors (Lipinski definition) is 2. The first kappa shape index (κ1) is 14.0. The van der Waals surface area contributed by atoms with Gasteiger partial charge in [-0.05, 0) is 31.7 Å². The first-order valence-electron chi connectivity index (χ1n) is 7.33. The zero-order valence-corrected chi connectivity index (χ0v) is 12.2. The minimum Gasteiger partial charge on any atom is -0.397 e. The Bertz CT molecular complexity index is 448. The maximum absolute atomic E-state index is 12.6. The SMILES string of the molecule is CCC(C)CN(CC)C(=O)c1cc(N)cn1C1CC1. The molecule has 1 amide bonds. The van der Waals surface area contributed by atoms with Crippen molar-refractivity contribution in [2.45, 2.75) is 46.1 Å². The van der Waals surface area contributed by atoms with E-state index in [1.807, 2.05) is 24.1 Å². The highest BCUT2D eigenvalue weighted by Crippen LogP contribution is 2.37. The van der Waals surface area contributed by atoms with Crippen molar-refractivity contribution in [3.05, 3.63) is 18.0 Å². The van der Waals surface area contributed by atoms with Gasteiger partial charge in [0.1, 0.15) is 5.69 Å². The molecule has 1 fully saturated rings. The fourth-order valence-corrected chi connectivity index (χ4v) is 2.35. The molecule has 1 unspecified atom stereocenters. The van der Waals surface area contributed by atoms with Crippen LogP contribution < -0.4 is 5.73 Å². The van der Waals surface area contributed by atoms with Gasteiger partial charge in [-0.15, -0.1) is 0 Å². The number of carbonyl (C=O) groups excluding carboxylic acids is 1. The fraction of sp³-hybridized carbons (Fsp3) is 0.667. The first-order chi connectivity index (χ1) is 9.06. The summed E-state index contributed by atoms with van der Waals surface area (Å²) in [5.74, 6) is 0.650. The van der Waals surface area contributed by atoms with Gasteiger partial charge in [-0.3, -0.25) is 4.79 Å². The minimum atomic E-state index is 0.117. The second kappa shape index (κ2) is 5.68. The number of nitrogens with two attached hydrogens (primary N) is 1. The van der Waals surface area contributed by atoms with E-state index >= 15 is 0 Å². The van der Waals surface area contributed by atoms with Crippen LogP contribution in [-0.2, 0) is 0 Å². The van der Waals surface area contributed by atoms with Gasteiger partial charge in [-0.1, -0.05) is 20.3 Å². The van der Waals surface area contributed by atoms with Crippen LogP contribution in [-0.4, -0.2) is 28.5 Å². The number of nitrogen functional groups attached to an aromatic ring is 1. The molecule has 1 saturated carbocycles. The van der Waals surface area contributed by atoms with Gasteiger partial charge in [0.25, 0.3) is 5.91 Å². The Morgan fingerprint density at radius 3 is 2.74 bits per heavy atom. The van der Waals surface area contributed by atoms with Crippen LogP contribution in [0.5, 0.6) is 0 Å². The molecule has 19 heavy (non-hydrogen) atoms. The van der Waals surface area contributed by atoms with Crippen molar-refractivity contribution >= 4 is 11.6 Å². The maximum atomic E-state index is 12.6. The predicted molar refractivity (Wildman–Crippen MR) is 78.1 cm³/mol. The monoisotopic (exact) mass is 263 g/mol. The molecule has 4 heteroatoms. The van der Waals surface area contributed by atoms with Crippen LogP contribution in [0.25, 0.3) is 0 Å². The van der Waals surface area contributed by atoms with Crippen molar-refractivity contribution in [1.82, 2.24) is 9.47 Å². The minimum absolute atomic E-state index is 0.117. The molecule has 1 aromatic rings. The second-order valence-corrected chi connectivity index (χ2v) is 5.65. The molecule has 0 radical (unpaired) electrons. The highest BCUT2D eigenvalue weighted by atomic mass is 16.2. The van der Waals surface area contributed by atoms with E-state index in [1.54, 1.807) is 0 Å². The molecule has 106 valence electrons. The average molecular weight is 263 g/mol. The van der Waals surface area contributed by atoms with Crippen LogP contribution in [0.15, 0.2) is 12.3 Å². The summed E-state index contributed by atoms with van der Waals surface area (Å²) in [4.78, 5) is 14.6. The van der Waals surface area contributed by atoms with Crippen molar-refractivity contribution in [2.24, 2.45) is 5.92 Å². The van der Waals surface area contributed by atoms with E-state index < -0.39 is 0 Å². The van der Waals surface area contributed by atoms with E-state index in [2.05, 4.69) is 18.4 Å². The lowest BCUT2D eigenvalue weighted by molar-refractivity contribution is 0.0729. The Labute approximate surface area is 115 Å². The van der Waals surface area contributed by atoms with Gasteiger partial charge in [0.05, 0.1) is 5.69 Å². The van der Waals surface area contributed by atoms with Crippen LogP contribution in [0.3, 0.4) is 0 Å². The van der Waals surface area contributed by atoms with Crippen molar-refractivity contribution < 1.29 is 4.79 Å². The number of carbonyl (C=O) groups is 1. The summed E-state index contributed by atoms with van der Waals surface area (Å²) in [5, 5.41) is 0.